The van der Waals surface area contributed by atoms with Crippen LogP contribution in [0.25, 0.3) is 0 Å². The molecule has 1 amide bonds. The maximum Gasteiger partial charge on any atom is 0.410 e. The van der Waals surface area contributed by atoms with Gasteiger partial charge < -0.3 is 15.0 Å². The van der Waals surface area contributed by atoms with Gasteiger partial charge in [0.25, 0.3) is 0 Å². The fraction of sp³-hybridized carbons (Fsp3) is 0.727. The monoisotopic (exact) mass is 212 g/mol. The molecule has 0 atom stereocenters. The first kappa shape index (κ1) is 12.0. The summed E-state index contributed by atoms with van der Waals surface area (Å²) in [6.45, 7) is 8.65. The Morgan fingerprint density at radius 2 is 2.13 bits per heavy atom. The highest BCUT2D eigenvalue weighted by Crippen LogP contribution is 2.09. The summed E-state index contributed by atoms with van der Waals surface area (Å²) in [5.74, 6) is 0. The first-order valence-electron chi connectivity index (χ1n) is 5.33. The zero-order valence-electron chi connectivity index (χ0n) is 9.75. The molecule has 0 saturated heterocycles. The van der Waals surface area contributed by atoms with Gasteiger partial charge in [-0.3, -0.25) is 0 Å². The maximum absolute atomic E-state index is 11.7. The molecule has 1 rings (SSSR count). The van der Waals surface area contributed by atoms with E-state index in [1.165, 1.54) is 0 Å². The Morgan fingerprint density at radius 3 is 2.80 bits per heavy atom. The van der Waals surface area contributed by atoms with Crippen molar-refractivity contribution in [3.63, 3.8) is 0 Å². The average molecular weight is 212 g/mol. The van der Waals surface area contributed by atoms with Crippen LogP contribution in [0, 0.1) is 0 Å². The van der Waals surface area contributed by atoms with Gasteiger partial charge in [-0.05, 0) is 20.8 Å². The molecule has 1 aliphatic heterocycles. The van der Waals surface area contributed by atoms with Gasteiger partial charge in [0.1, 0.15) is 5.60 Å². The molecule has 0 aromatic rings. The van der Waals surface area contributed by atoms with Crippen LogP contribution in [0.4, 0.5) is 4.79 Å². The van der Waals surface area contributed by atoms with E-state index in [4.69, 9.17) is 4.74 Å². The van der Waals surface area contributed by atoms with Gasteiger partial charge in [0.05, 0.1) is 0 Å². The minimum atomic E-state index is -0.420. The lowest BCUT2D eigenvalue weighted by Crippen LogP contribution is -2.41. The number of nitrogens with one attached hydrogen (secondary N) is 1. The van der Waals surface area contributed by atoms with Crippen LogP contribution in [-0.2, 0) is 4.74 Å². The Morgan fingerprint density at radius 1 is 1.40 bits per heavy atom. The third-order valence-electron chi connectivity index (χ3n) is 1.96. The molecule has 4 heteroatoms. The van der Waals surface area contributed by atoms with Crippen LogP contribution in [0.15, 0.2) is 12.2 Å². The summed E-state index contributed by atoms with van der Waals surface area (Å²) in [6.07, 6.45) is 3.77. The lowest BCUT2D eigenvalue weighted by Gasteiger charge is -2.27. The molecule has 0 aromatic heterocycles. The van der Waals surface area contributed by atoms with Gasteiger partial charge in [-0.15, -0.1) is 0 Å². The van der Waals surface area contributed by atoms with Crippen LogP contribution in [0.3, 0.4) is 0 Å². The number of hydrogen-bond donors (Lipinski definition) is 1. The van der Waals surface area contributed by atoms with Gasteiger partial charge in [0, 0.05) is 26.2 Å². The van der Waals surface area contributed by atoms with Gasteiger partial charge in [0.2, 0.25) is 0 Å². The molecule has 1 N–H and O–H groups in total. The summed E-state index contributed by atoms with van der Waals surface area (Å²) in [7, 11) is 0. The number of amides is 1. The lowest BCUT2D eigenvalue weighted by molar-refractivity contribution is 0.0272. The fourth-order valence-electron chi connectivity index (χ4n) is 1.27. The van der Waals surface area contributed by atoms with Crippen LogP contribution in [0.1, 0.15) is 20.8 Å². The quantitative estimate of drug-likeness (QED) is 0.617. The number of nitrogens with zero attached hydrogens (tertiary/aromatic N) is 1. The maximum atomic E-state index is 11.7. The molecule has 0 radical (unpaired) electrons. The Balaban J connectivity index is 2.49. The predicted molar refractivity (Wildman–Crippen MR) is 59.8 cm³/mol. The van der Waals surface area contributed by atoms with E-state index >= 15 is 0 Å². The Hall–Kier alpha value is -1.03. The van der Waals surface area contributed by atoms with Crippen molar-refractivity contribution in [1.29, 1.82) is 0 Å². The first-order valence-corrected chi connectivity index (χ1v) is 5.33. The van der Waals surface area contributed by atoms with Gasteiger partial charge in [-0.25, -0.2) is 4.79 Å². The van der Waals surface area contributed by atoms with Crippen molar-refractivity contribution in [2.24, 2.45) is 0 Å². The zero-order valence-corrected chi connectivity index (χ0v) is 9.75. The van der Waals surface area contributed by atoms with E-state index in [0.29, 0.717) is 13.1 Å². The predicted octanol–water partition coefficient (Wildman–Crippen LogP) is 1.38. The molecule has 0 aromatic carbocycles. The summed E-state index contributed by atoms with van der Waals surface area (Å²) in [4.78, 5) is 13.4. The smallest absolute Gasteiger partial charge is 0.410 e. The van der Waals surface area contributed by atoms with Gasteiger partial charge >= 0.3 is 6.09 Å². The molecule has 0 spiro atoms. The van der Waals surface area contributed by atoms with Crippen LogP contribution in [0.2, 0.25) is 0 Å². The van der Waals surface area contributed by atoms with Crippen molar-refractivity contribution < 1.29 is 9.53 Å². The molecular weight excluding hydrogens is 192 g/mol. The highest BCUT2D eigenvalue weighted by atomic mass is 16.6. The first-order chi connectivity index (χ1) is 6.99. The molecule has 1 aliphatic rings. The molecule has 4 nitrogen and oxygen atoms in total. The lowest BCUT2D eigenvalue weighted by atomic mass is 10.2. The molecule has 15 heavy (non-hydrogen) atoms. The van der Waals surface area contributed by atoms with Crippen LogP contribution in [0.5, 0.6) is 0 Å². The minimum absolute atomic E-state index is 0.240. The van der Waals surface area contributed by atoms with Crippen molar-refractivity contribution >= 4 is 6.09 Å². The third kappa shape index (κ3) is 4.83. The molecule has 0 bridgehead atoms. The summed E-state index contributed by atoms with van der Waals surface area (Å²) >= 11 is 0. The molecule has 86 valence electrons. The Bertz CT molecular complexity index is 243. The number of carbonyl (C=O) groups excluding carboxylic acids is 1. The van der Waals surface area contributed by atoms with Crippen LogP contribution >= 0.6 is 0 Å². The van der Waals surface area contributed by atoms with Gasteiger partial charge in [-0.2, -0.15) is 0 Å². The second-order valence-corrected chi connectivity index (χ2v) is 4.60. The van der Waals surface area contributed by atoms with E-state index in [2.05, 4.69) is 5.32 Å². The van der Waals surface area contributed by atoms with Gasteiger partial charge in [-0.1, -0.05) is 12.2 Å². The van der Waals surface area contributed by atoms with Crippen molar-refractivity contribution in [2.75, 3.05) is 26.2 Å². The van der Waals surface area contributed by atoms with E-state index in [-0.39, 0.29) is 6.09 Å². The van der Waals surface area contributed by atoms with Crippen LogP contribution < -0.4 is 5.32 Å². The normalized spacial score (nSPS) is 20.3. The van der Waals surface area contributed by atoms with Crippen molar-refractivity contribution in [3.8, 4) is 0 Å². The summed E-state index contributed by atoms with van der Waals surface area (Å²) in [5.41, 5.74) is -0.420. The summed E-state index contributed by atoms with van der Waals surface area (Å²) in [6, 6.07) is 0. The second-order valence-electron chi connectivity index (χ2n) is 4.60. The number of ether oxygens (including phenoxy) is 1. The Kier molecular flexibility index (Phi) is 4.15. The zero-order chi connectivity index (χ0) is 11.3. The molecule has 0 aliphatic carbocycles. The van der Waals surface area contributed by atoms with E-state index in [1.807, 2.05) is 32.9 Å². The molecular formula is C11H20N2O2. The molecule has 0 fully saturated rings. The summed E-state index contributed by atoms with van der Waals surface area (Å²) < 4.78 is 5.30. The standard InChI is InChI=1S/C11H20N2O2/c1-11(2,3)15-10(14)13-8-5-4-6-12-7-9-13/h4-5,12H,6-9H2,1-3H3/b5-4+. The molecule has 1 heterocycles. The van der Waals surface area contributed by atoms with Crippen LogP contribution in [-0.4, -0.2) is 42.8 Å². The molecule has 0 unspecified atom stereocenters. The fourth-order valence-corrected chi connectivity index (χ4v) is 1.27. The number of carbonyl (C=O) groups is 1. The number of hydrogen-bond acceptors (Lipinski definition) is 3. The average Bonchev–Trinajstić information content (AvgIpc) is 1.98. The van der Waals surface area contributed by atoms with E-state index < -0.39 is 5.60 Å². The minimum Gasteiger partial charge on any atom is -0.444 e. The van der Waals surface area contributed by atoms with Crippen molar-refractivity contribution in [3.05, 3.63) is 12.2 Å². The topological polar surface area (TPSA) is 41.6 Å². The van der Waals surface area contributed by atoms with Crippen molar-refractivity contribution in [2.45, 2.75) is 26.4 Å². The van der Waals surface area contributed by atoms with Crippen molar-refractivity contribution in [1.82, 2.24) is 10.2 Å². The highest BCUT2D eigenvalue weighted by Gasteiger charge is 2.21. The highest BCUT2D eigenvalue weighted by molar-refractivity contribution is 5.68. The summed E-state index contributed by atoms with van der Waals surface area (Å²) in [5, 5.41) is 3.20. The SMILES string of the molecule is CC(C)(C)OC(=O)N1C/C=C/CNCC1. The van der Waals surface area contributed by atoms with E-state index in [1.54, 1.807) is 4.90 Å². The second kappa shape index (κ2) is 5.16. The van der Waals surface area contributed by atoms with Gasteiger partial charge in [0.15, 0.2) is 0 Å². The molecule has 0 saturated carbocycles. The number of rotatable bonds is 0. The third-order valence-corrected chi connectivity index (χ3v) is 1.96. The van der Waals surface area contributed by atoms with E-state index in [0.717, 1.165) is 13.1 Å². The van der Waals surface area contributed by atoms with E-state index in [9.17, 15) is 4.79 Å². The largest absolute Gasteiger partial charge is 0.444 e. The Labute approximate surface area is 91.3 Å².